The largest absolute Gasteiger partial charge is 0.319 e. The number of amides is 1. The lowest BCUT2D eigenvalue weighted by Gasteiger charge is -2.06. The van der Waals surface area contributed by atoms with E-state index in [4.69, 9.17) is 23.2 Å². The second-order valence-electron chi connectivity index (χ2n) is 6.12. The molecule has 5 nitrogen and oxygen atoms in total. The molecule has 0 spiro atoms. The first-order valence-electron chi connectivity index (χ1n) is 8.55. The van der Waals surface area contributed by atoms with Crippen molar-refractivity contribution in [2.24, 2.45) is 0 Å². The molecule has 0 unspecified atom stereocenters. The Morgan fingerprint density at radius 1 is 0.862 bits per heavy atom. The number of carbonyl (C=O) groups excluding carboxylic acids is 1. The van der Waals surface area contributed by atoms with Gasteiger partial charge in [0.2, 0.25) is 5.82 Å². The van der Waals surface area contributed by atoms with Crippen LogP contribution in [0.3, 0.4) is 0 Å². The summed E-state index contributed by atoms with van der Waals surface area (Å²) in [4.78, 5) is 17.1. The van der Waals surface area contributed by atoms with E-state index in [1.165, 1.54) is 16.8 Å². The first kappa shape index (κ1) is 19.1. The van der Waals surface area contributed by atoms with Crippen molar-refractivity contribution < 1.29 is 9.18 Å². The first-order chi connectivity index (χ1) is 14.0. The Morgan fingerprint density at radius 3 is 2.07 bits per heavy atom. The summed E-state index contributed by atoms with van der Waals surface area (Å²) in [7, 11) is 0. The maximum absolute atomic E-state index is 13.3. The van der Waals surface area contributed by atoms with Crippen LogP contribution in [0.4, 0.5) is 10.1 Å². The van der Waals surface area contributed by atoms with Gasteiger partial charge in [0.1, 0.15) is 5.82 Å². The molecule has 8 heteroatoms. The highest BCUT2D eigenvalue weighted by Gasteiger charge is 2.19. The van der Waals surface area contributed by atoms with E-state index in [0.29, 0.717) is 32.8 Å². The Bertz CT molecular complexity index is 1090. The molecule has 0 radical (unpaired) electrons. The summed E-state index contributed by atoms with van der Waals surface area (Å²) in [6.07, 6.45) is 0. The number of hydrogen-bond acceptors (Lipinski definition) is 3. The van der Waals surface area contributed by atoms with E-state index < -0.39 is 5.91 Å². The van der Waals surface area contributed by atoms with Gasteiger partial charge in [0.25, 0.3) is 5.91 Å². The standard InChI is InChI=1S/C21H13Cl2FN4O/c22-14-3-1-13(2-4-14)20-26-19(21(29)25-17-9-5-15(23)6-10-17)27-28(20)18-11-7-16(24)8-12-18/h1-12H,(H,25,29). The first-order valence-corrected chi connectivity index (χ1v) is 9.31. The Kier molecular flexibility index (Phi) is 5.29. The zero-order valence-corrected chi connectivity index (χ0v) is 16.3. The second-order valence-corrected chi connectivity index (χ2v) is 6.99. The van der Waals surface area contributed by atoms with Crippen LogP contribution in [0.25, 0.3) is 17.1 Å². The molecule has 144 valence electrons. The van der Waals surface area contributed by atoms with Crippen molar-refractivity contribution in [1.29, 1.82) is 0 Å². The summed E-state index contributed by atoms with van der Waals surface area (Å²) in [5.74, 6) is -0.463. The van der Waals surface area contributed by atoms with E-state index in [9.17, 15) is 9.18 Å². The molecule has 0 bridgehead atoms. The van der Waals surface area contributed by atoms with E-state index in [0.717, 1.165) is 0 Å². The number of carbonyl (C=O) groups is 1. The van der Waals surface area contributed by atoms with Crippen LogP contribution in [-0.2, 0) is 0 Å². The van der Waals surface area contributed by atoms with Gasteiger partial charge in [-0.1, -0.05) is 23.2 Å². The molecule has 29 heavy (non-hydrogen) atoms. The minimum atomic E-state index is -0.483. The number of rotatable bonds is 4. The predicted octanol–water partition coefficient (Wildman–Crippen LogP) is 5.63. The quantitative estimate of drug-likeness (QED) is 0.459. The van der Waals surface area contributed by atoms with E-state index >= 15 is 0 Å². The number of nitrogens with one attached hydrogen (secondary N) is 1. The lowest BCUT2D eigenvalue weighted by molar-refractivity contribution is 0.101. The Balaban J connectivity index is 1.74. The van der Waals surface area contributed by atoms with Gasteiger partial charge in [-0.15, -0.1) is 5.10 Å². The van der Waals surface area contributed by atoms with Crippen LogP contribution in [0.5, 0.6) is 0 Å². The molecule has 1 amide bonds. The van der Waals surface area contributed by atoms with E-state index in [-0.39, 0.29) is 11.6 Å². The van der Waals surface area contributed by atoms with Crippen molar-refractivity contribution in [2.75, 3.05) is 5.32 Å². The average molecular weight is 427 g/mol. The highest BCUT2D eigenvalue weighted by Crippen LogP contribution is 2.24. The zero-order chi connectivity index (χ0) is 20.4. The lowest BCUT2D eigenvalue weighted by Crippen LogP contribution is -2.14. The minimum Gasteiger partial charge on any atom is -0.319 e. The summed E-state index contributed by atoms with van der Waals surface area (Å²) in [5.41, 5.74) is 1.83. The van der Waals surface area contributed by atoms with Crippen LogP contribution in [-0.4, -0.2) is 20.7 Å². The molecule has 1 heterocycles. The number of nitrogens with zero attached hydrogens (tertiary/aromatic N) is 3. The summed E-state index contributed by atoms with van der Waals surface area (Å²) < 4.78 is 14.8. The number of hydrogen-bond donors (Lipinski definition) is 1. The van der Waals surface area contributed by atoms with Crippen molar-refractivity contribution in [3.8, 4) is 17.1 Å². The Morgan fingerprint density at radius 2 is 1.45 bits per heavy atom. The molecular formula is C21H13Cl2FN4O. The van der Waals surface area contributed by atoms with Gasteiger partial charge in [0, 0.05) is 21.3 Å². The van der Waals surface area contributed by atoms with Gasteiger partial charge in [-0.3, -0.25) is 4.79 Å². The molecule has 3 aromatic carbocycles. The smallest absolute Gasteiger partial charge is 0.295 e. The molecule has 1 N–H and O–H groups in total. The molecule has 0 aliphatic carbocycles. The molecule has 4 rings (SSSR count). The molecule has 0 aliphatic heterocycles. The summed E-state index contributed by atoms with van der Waals surface area (Å²) >= 11 is 11.8. The van der Waals surface area contributed by atoms with Gasteiger partial charge in [-0.2, -0.15) is 0 Å². The van der Waals surface area contributed by atoms with Crippen LogP contribution in [0, 0.1) is 5.82 Å². The molecule has 0 saturated heterocycles. The van der Waals surface area contributed by atoms with E-state index in [2.05, 4.69) is 15.4 Å². The fourth-order valence-electron chi connectivity index (χ4n) is 2.68. The second kappa shape index (κ2) is 8.03. The number of halogens is 3. The van der Waals surface area contributed by atoms with Crippen molar-refractivity contribution in [2.45, 2.75) is 0 Å². The van der Waals surface area contributed by atoms with Crippen LogP contribution < -0.4 is 5.32 Å². The monoisotopic (exact) mass is 426 g/mol. The Labute approximate surface area is 175 Å². The highest BCUT2D eigenvalue weighted by atomic mass is 35.5. The Hall–Kier alpha value is -3.22. The molecule has 0 fully saturated rings. The van der Waals surface area contributed by atoms with Crippen LogP contribution in [0.2, 0.25) is 10.0 Å². The van der Waals surface area contributed by atoms with Gasteiger partial charge in [-0.05, 0) is 72.8 Å². The van der Waals surface area contributed by atoms with Gasteiger partial charge in [0.15, 0.2) is 5.82 Å². The van der Waals surface area contributed by atoms with Gasteiger partial charge in [-0.25, -0.2) is 14.1 Å². The fourth-order valence-corrected chi connectivity index (χ4v) is 2.93. The van der Waals surface area contributed by atoms with E-state index in [1.54, 1.807) is 60.7 Å². The maximum Gasteiger partial charge on any atom is 0.295 e. The number of anilines is 1. The highest BCUT2D eigenvalue weighted by molar-refractivity contribution is 6.31. The third-order valence-electron chi connectivity index (χ3n) is 4.09. The third-order valence-corrected chi connectivity index (χ3v) is 4.59. The van der Waals surface area contributed by atoms with E-state index in [1.807, 2.05) is 0 Å². The maximum atomic E-state index is 13.3. The zero-order valence-electron chi connectivity index (χ0n) is 14.8. The summed E-state index contributed by atoms with van der Waals surface area (Å²) in [6, 6.07) is 19.4. The van der Waals surface area contributed by atoms with Crippen LogP contribution >= 0.6 is 23.2 Å². The molecule has 0 saturated carbocycles. The molecular weight excluding hydrogens is 414 g/mol. The molecule has 0 aliphatic rings. The lowest BCUT2D eigenvalue weighted by atomic mass is 10.2. The SMILES string of the molecule is O=C(Nc1ccc(Cl)cc1)c1nc(-c2ccc(Cl)cc2)n(-c2ccc(F)cc2)n1. The molecule has 4 aromatic rings. The molecule has 1 aromatic heterocycles. The summed E-state index contributed by atoms with van der Waals surface area (Å²) in [6.45, 7) is 0. The normalized spacial score (nSPS) is 10.7. The van der Waals surface area contributed by atoms with Crippen LogP contribution in [0.1, 0.15) is 10.6 Å². The average Bonchev–Trinajstić information content (AvgIpc) is 3.16. The van der Waals surface area contributed by atoms with Crippen molar-refractivity contribution in [3.63, 3.8) is 0 Å². The predicted molar refractivity (Wildman–Crippen MR) is 111 cm³/mol. The van der Waals surface area contributed by atoms with Gasteiger partial charge >= 0.3 is 0 Å². The number of benzene rings is 3. The molecule has 0 atom stereocenters. The van der Waals surface area contributed by atoms with Gasteiger partial charge < -0.3 is 5.32 Å². The van der Waals surface area contributed by atoms with Crippen molar-refractivity contribution in [1.82, 2.24) is 14.8 Å². The fraction of sp³-hybridized carbons (Fsp3) is 0. The van der Waals surface area contributed by atoms with Crippen molar-refractivity contribution >= 4 is 34.8 Å². The van der Waals surface area contributed by atoms with Crippen LogP contribution in [0.15, 0.2) is 72.8 Å². The van der Waals surface area contributed by atoms with Crippen molar-refractivity contribution in [3.05, 3.63) is 94.5 Å². The summed E-state index contributed by atoms with van der Waals surface area (Å²) in [5, 5.41) is 8.20. The van der Waals surface area contributed by atoms with Gasteiger partial charge in [0.05, 0.1) is 5.69 Å². The topological polar surface area (TPSA) is 59.8 Å². The number of aromatic nitrogens is 3. The minimum absolute atomic E-state index is 0.0331. The third kappa shape index (κ3) is 4.29.